The van der Waals surface area contributed by atoms with Gasteiger partial charge in [0.05, 0.1) is 23.4 Å². The van der Waals surface area contributed by atoms with Crippen LogP contribution in [-0.2, 0) is 14.0 Å². The fourth-order valence-corrected chi connectivity index (χ4v) is 2.56. The number of nitrogens with zero attached hydrogens (tertiary/aromatic N) is 1. The van der Waals surface area contributed by atoms with Gasteiger partial charge in [-0.2, -0.15) is 0 Å². The van der Waals surface area contributed by atoms with E-state index in [2.05, 4.69) is 38.7 Å². The Balaban J connectivity index is 1.75. The van der Waals surface area contributed by atoms with Crippen molar-refractivity contribution < 1.29 is 14.0 Å². The molecule has 1 unspecified atom stereocenters. The molecule has 0 saturated carbocycles. The number of ether oxygens (including phenoxy) is 1. The van der Waals surface area contributed by atoms with Gasteiger partial charge in [0.15, 0.2) is 0 Å². The zero-order valence-electron chi connectivity index (χ0n) is 12.7. The summed E-state index contributed by atoms with van der Waals surface area (Å²) < 4.78 is 17.4. The maximum Gasteiger partial charge on any atom is 0.514 e. The second-order valence-corrected chi connectivity index (χ2v) is 6.67. The van der Waals surface area contributed by atoms with Gasteiger partial charge in [0.25, 0.3) is 0 Å². The molecule has 0 spiro atoms. The van der Waals surface area contributed by atoms with Gasteiger partial charge in [-0.25, -0.2) is 0 Å². The summed E-state index contributed by atoms with van der Waals surface area (Å²) in [7, 11) is -0.381. The molecule has 20 heavy (non-hydrogen) atoms. The molecule has 1 aromatic heterocycles. The summed E-state index contributed by atoms with van der Waals surface area (Å²) in [5, 5.41) is 0. The van der Waals surface area contributed by atoms with E-state index in [4.69, 9.17) is 14.0 Å². The summed E-state index contributed by atoms with van der Waals surface area (Å²) in [4.78, 5) is 4.53. The lowest BCUT2D eigenvalue weighted by molar-refractivity contribution is 0.00578. The summed E-state index contributed by atoms with van der Waals surface area (Å²) in [5.41, 5.74) is 1.43. The van der Waals surface area contributed by atoms with Crippen LogP contribution in [0.3, 0.4) is 0 Å². The maximum atomic E-state index is 6.01. The molecule has 5 heteroatoms. The van der Waals surface area contributed by atoms with Crippen molar-refractivity contribution in [3.05, 3.63) is 23.9 Å². The lowest BCUT2D eigenvalue weighted by Crippen LogP contribution is -2.41. The first-order valence-electron chi connectivity index (χ1n) is 7.28. The fraction of sp³-hybridized carbons (Fsp3) is 0.667. The Morgan fingerprint density at radius 3 is 2.35 bits per heavy atom. The number of rotatable bonds is 2. The molecule has 0 N–H and O–H groups in total. The third-order valence-electron chi connectivity index (χ3n) is 4.71. The van der Waals surface area contributed by atoms with Crippen molar-refractivity contribution in [3.63, 3.8) is 0 Å². The van der Waals surface area contributed by atoms with Crippen molar-refractivity contribution in [1.82, 2.24) is 4.98 Å². The molecule has 2 fully saturated rings. The number of hydrogen-bond acceptors (Lipinski definition) is 4. The Kier molecular flexibility index (Phi) is 3.39. The predicted molar refractivity (Wildman–Crippen MR) is 78.1 cm³/mol. The Morgan fingerprint density at radius 2 is 1.85 bits per heavy atom. The van der Waals surface area contributed by atoms with Gasteiger partial charge in [-0.1, -0.05) is 6.07 Å². The molecule has 0 aliphatic carbocycles. The van der Waals surface area contributed by atoms with Crippen molar-refractivity contribution in [3.8, 4) is 0 Å². The molecule has 108 valence electrons. The fourth-order valence-electron chi connectivity index (χ4n) is 2.56. The predicted octanol–water partition coefficient (Wildman–Crippen LogP) is 1.88. The highest BCUT2D eigenvalue weighted by atomic mass is 16.7. The number of aromatic nitrogens is 1. The van der Waals surface area contributed by atoms with E-state index in [1.54, 1.807) is 0 Å². The van der Waals surface area contributed by atoms with Crippen LogP contribution in [-0.4, -0.2) is 36.5 Å². The SMILES string of the molecule is CC1(C)OB(c2ccc(C3CCOC3)cn2)OC1(C)C. The molecule has 0 aromatic carbocycles. The van der Waals surface area contributed by atoms with Crippen molar-refractivity contribution in [2.75, 3.05) is 13.2 Å². The first-order chi connectivity index (χ1) is 9.39. The van der Waals surface area contributed by atoms with Crippen LogP contribution in [0.5, 0.6) is 0 Å². The Bertz CT molecular complexity index is 464. The van der Waals surface area contributed by atoms with Crippen molar-refractivity contribution in [2.24, 2.45) is 0 Å². The van der Waals surface area contributed by atoms with E-state index in [1.165, 1.54) is 5.56 Å². The maximum absolute atomic E-state index is 6.01. The molecule has 3 rings (SSSR count). The van der Waals surface area contributed by atoms with E-state index < -0.39 is 0 Å². The quantitative estimate of drug-likeness (QED) is 0.773. The minimum atomic E-state index is -0.381. The van der Waals surface area contributed by atoms with Gasteiger partial charge in [-0.3, -0.25) is 4.98 Å². The van der Waals surface area contributed by atoms with E-state index in [0.29, 0.717) is 5.92 Å². The van der Waals surface area contributed by atoms with Crippen LogP contribution in [0.2, 0.25) is 0 Å². The highest BCUT2D eigenvalue weighted by molar-refractivity contribution is 6.61. The summed E-state index contributed by atoms with van der Waals surface area (Å²) in [5.74, 6) is 0.481. The third-order valence-corrected chi connectivity index (χ3v) is 4.71. The summed E-state index contributed by atoms with van der Waals surface area (Å²) in [6, 6.07) is 4.13. The van der Waals surface area contributed by atoms with E-state index in [1.807, 2.05) is 12.3 Å². The van der Waals surface area contributed by atoms with Crippen LogP contribution in [0.25, 0.3) is 0 Å². The first kappa shape index (κ1) is 14.0. The lowest BCUT2D eigenvalue weighted by atomic mass is 9.83. The molecule has 2 saturated heterocycles. The molecule has 1 aromatic rings. The van der Waals surface area contributed by atoms with Crippen LogP contribution < -0.4 is 5.59 Å². The lowest BCUT2D eigenvalue weighted by Gasteiger charge is -2.32. The molecular weight excluding hydrogens is 253 g/mol. The molecule has 2 aliphatic rings. The van der Waals surface area contributed by atoms with Gasteiger partial charge >= 0.3 is 7.12 Å². The van der Waals surface area contributed by atoms with Crippen LogP contribution in [0.4, 0.5) is 0 Å². The Morgan fingerprint density at radius 1 is 1.15 bits per heavy atom. The minimum Gasteiger partial charge on any atom is -0.398 e. The highest BCUT2D eigenvalue weighted by Crippen LogP contribution is 2.36. The Labute approximate surface area is 121 Å². The van der Waals surface area contributed by atoms with Gasteiger partial charge in [0.2, 0.25) is 0 Å². The molecule has 0 amide bonds. The van der Waals surface area contributed by atoms with Crippen molar-refractivity contribution in [2.45, 2.75) is 51.2 Å². The van der Waals surface area contributed by atoms with Crippen LogP contribution >= 0.6 is 0 Å². The van der Waals surface area contributed by atoms with Crippen molar-refractivity contribution in [1.29, 1.82) is 0 Å². The highest BCUT2D eigenvalue weighted by Gasteiger charge is 2.52. The second-order valence-electron chi connectivity index (χ2n) is 6.67. The normalized spacial score (nSPS) is 28.0. The molecule has 2 aliphatic heterocycles. The summed E-state index contributed by atoms with van der Waals surface area (Å²) in [6.45, 7) is 9.87. The number of pyridine rings is 1. The van der Waals surface area contributed by atoms with Gasteiger partial charge in [0.1, 0.15) is 0 Å². The summed E-state index contributed by atoms with van der Waals surface area (Å²) in [6.07, 6.45) is 3.01. The molecular formula is C15H22BNO3. The summed E-state index contributed by atoms with van der Waals surface area (Å²) >= 11 is 0. The van der Waals surface area contributed by atoms with Crippen LogP contribution in [0.15, 0.2) is 18.3 Å². The molecule has 1 atom stereocenters. The molecule has 0 bridgehead atoms. The second kappa shape index (κ2) is 4.83. The molecule has 0 radical (unpaired) electrons. The van der Waals surface area contributed by atoms with Gasteiger partial charge in [0, 0.05) is 18.7 Å². The monoisotopic (exact) mass is 275 g/mol. The number of hydrogen-bond donors (Lipinski definition) is 0. The standard InChI is InChI=1S/C15H22BNO3/c1-14(2)15(3,4)20-16(19-14)13-6-5-11(9-17-13)12-7-8-18-10-12/h5-6,9,12H,7-8,10H2,1-4H3. The van der Waals surface area contributed by atoms with E-state index in [0.717, 1.165) is 25.2 Å². The minimum absolute atomic E-state index is 0.322. The zero-order valence-corrected chi connectivity index (χ0v) is 12.7. The van der Waals surface area contributed by atoms with Gasteiger partial charge in [-0.05, 0) is 45.7 Å². The Hall–Kier alpha value is -0.905. The van der Waals surface area contributed by atoms with E-state index >= 15 is 0 Å². The van der Waals surface area contributed by atoms with Crippen LogP contribution in [0, 0.1) is 0 Å². The zero-order chi connectivity index (χ0) is 14.4. The molecule has 3 heterocycles. The first-order valence-corrected chi connectivity index (χ1v) is 7.28. The average Bonchev–Trinajstić information content (AvgIpc) is 2.97. The van der Waals surface area contributed by atoms with Gasteiger partial charge in [-0.15, -0.1) is 0 Å². The van der Waals surface area contributed by atoms with Crippen LogP contribution in [0.1, 0.15) is 45.6 Å². The smallest absolute Gasteiger partial charge is 0.398 e. The van der Waals surface area contributed by atoms with E-state index in [-0.39, 0.29) is 18.3 Å². The largest absolute Gasteiger partial charge is 0.514 e. The average molecular weight is 275 g/mol. The van der Waals surface area contributed by atoms with Crippen molar-refractivity contribution >= 4 is 12.7 Å². The third kappa shape index (κ3) is 2.38. The molecule has 4 nitrogen and oxygen atoms in total. The van der Waals surface area contributed by atoms with E-state index in [9.17, 15) is 0 Å². The topological polar surface area (TPSA) is 40.6 Å². The van der Waals surface area contributed by atoms with Gasteiger partial charge < -0.3 is 14.0 Å².